The van der Waals surface area contributed by atoms with Gasteiger partial charge < -0.3 is 15.7 Å². The molecule has 102 valence electrons. The first-order valence-corrected chi connectivity index (χ1v) is 6.90. The Balaban J connectivity index is 1.55. The third-order valence-corrected chi connectivity index (χ3v) is 3.82. The average molecular weight is 254 g/mol. The van der Waals surface area contributed by atoms with Gasteiger partial charge in [0.2, 0.25) is 5.91 Å². The maximum absolute atomic E-state index is 11.8. The third kappa shape index (κ3) is 3.98. The summed E-state index contributed by atoms with van der Waals surface area (Å²) >= 11 is 0. The van der Waals surface area contributed by atoms with E-state index in [4.69, 9.17) is 5.11 Å². The summed E-state index contributed by atoms with van der Waals surface area (Å²) in [6, 6.07) is 0.715. The SMILES string of the molecule is O=C(O)C1CCC(C(=O)NCCCNC2CC2)C1. The van der Waals surface area contributed by atoms with Gasteiger partial charge in [0.05, 0.1) is 5.92 Å². The minimum Gasteiger partial charge on any atom is -0.481 e. The van der Waals surface area contributed by atoms with E-state index in [0.717, 1.165) is 13.0 Å². The predicted molar refractivity (Wildman–Crippen MR) is 67.1 cm³/mol. The number of amides is 1. The second-order valence-electron chi connectivity index (χ2n) is 5.42. The van der Waals surface area contributed by atoms with Crippen molar-refractivity contribution >= 4 is 11.9 Å². The summed E-state index contributed by atoms with van der Waals surface area (Å²) in [6.45, 7) is 1.64. The summed E-state index contributed by atoms with van der Waals surface area (Å²) in [5, 5.41) is 15.2. The molecule has 2 fully saturated rings. The molecule has 2 rings (SSSR count). The second-order valence-corrected chi connectivity index (χ2v) is 5.42. The molecule has 0 saturated heterocycles. The molecule has 0 aromatic rings. The van der Waals surface area contributed by atoms with Gasteiger partial charge in [-0.25, -0.2) is 0 Å². The Hall–Kier alpha value is -1.10. The first-order valence-electron chi connectivity index (χ1n) is 6.90. The highest BCUT2D eigenvalue weighted by Gasteiger charge is 2.33. The molecule has 1 amide bonds. The number of carbonyl (C=O) groups is 2. The number of carboxylic acids is 1. The standard InChI is InChI=1S/C13H22N2O3/c16-12(9-2-3-10(8-9)13(17)18)15-7-1-6-14-11-4-5-11/h9-11,14H,1-8H2,(H,15,16)(H,17,18). The fourth-order valence-electron chi connectivity index (χ4n) is 2.48. The van der Waals surface area contributed by atoms with E-state index < -0.39 is 5.97 Å². The average Bonchev–Trinajstić information content (AvgIpc) is 3.02. The summed E-state index contributed by atoms with van der Waals surface area (Å²) in [4.78, 5) is 22.6. The van der Waals surface area contributed by atoms with Gasteiger partial charge >= 0.3 is 5.97 Å². The van der Waals surface area contributed by atoms with Crippen molar-refractivity contribution in [1.29, 1.82) is 0 Å². The highest BCUT2D eigenvalue weighted by atomic mass is 16.4. The molecule has 0 aromatic heterocycles. The maximum atomic E-state index is 11.8. The van der Waals surface area contributed by atoms with Crippen molar-refractivity contribution in [2.24, 2.45) is 11.8 Å². The van der Waals surface area contributed by atoms with Gasteiger partial charge in [0.1, 0.15) is 0 Å². The molecule has 3 N–H and O–H groups in total. The molecular weight excluding hydrogens is 232 g/mol. The lowest BCUT2D eigenvalue weighted by molar-refractivity contribution is -0.141. The largest absolute Gasteiger partial charge is 0.481 e. The molecule has 0 heterocycles. The van der Waals surface area contributed by atoms with E-state index in [1.807, 2.05) is 0 Å². The predicted octanol–water partition coefficient (Wildman–Crippen LogP) is 0.746. The molecule has 2 unspecified atom stereocenters. The summed E-state index contributed by atoms with van der Waals surface area (Å²) in [5.41, 5.74) is 0. The normalized spacial score (nSPS) is 27.1. The molecule has 2 saturated carbocycles. The van der Waals surface area contributed by atoms with Crippen LogP contribution in [0.2, 0.25) is 0 Å². The third-order valence-electron chi connectivity index (χ3n) is 3.82. The Bertz CT molecular complexity index is 315. The summed E-state index contributed by atoms with van der Waals surface area (Å²) in [5.74, 6) is -1.15. The van der Waals surface area contributed by atoms with Gasteiger partial charge in [-0.05, 0) is 45.1 Å². The quantitative estimate of drug-likeness (QED) is 0.586. The van der Waals surface area contributed by atoms with Crippen LogP contribution in [0.5, 0.6) is 0 Å². The van der Waals surface area contributed by atoms with Crippen molar-refractivity contribution < 1.29 is 14.7 Å². The van der Waals surface area contributed by atoms with Crippen LogP contribution in [0.4, 0.5) is 0 Å². The van der Waals surface area contributed by atoms with Crippen LogP contribution in [0, 0.1) is 11.8 Å². The zero-order chi connectivity index (χ0) is 13.0. The number of aliphatic carboxylic acids is 1. The van der Waals surface area contributed by atoms with E-state index >= 15 is 0 Å². The lowest BCUT2D eigenvalue weighted by Gasteiger charge is -2.10. The van der Waals surface area contributed by atoms with E-state index in [1.165, 1.54) is 12.8 Å². The number of carboxylic acid groups (broad SMARTS) is 1. The summed E-state index contributed by atoms with van der Waals surface area (Å²) < 4.78 is 0. The minimum absolute atomic E-state index is 0.0326. The molecule has 0 spiro atoms. The number of nitrogens with one attached hydrogen (secondary N) is 2. The zero-order valence-electron chi connectivity index (χ0n) is 10.7. The Morgan fingerprint density at radius 2 is 1.78 bits per heavy atom. The van der Waals surface area contributed by atoms with Crippen LogP contribution in [0.15, 0.2) is 0 Å². The van der Waals surface area contributed by atoms with Crippen molar-refractivity contribution in [2.45, 2.75) is 44.6 Å². The summed E-state index contributed by atoms with van der Waals surface area (Å²) in [6.07, 6.45) is 5.36. The van der Waals surface area contributed by atoms with E-state index in [2.05, 4.69) is 10.6 Å². The lowest BCUT2D eigenvalue weighted by Crippen LogP contribution is -2.32. The highest BCUT2D eigenvalue weighted by molar-refractivity contribution is 5.80. The summed E-state index contributed by atoms with van der Waals surface area (Å²) in [7, 11) is 0. The van der Waals surface area contributed by atoms with Crippen LogP contribution in [-0.2, 0) is 9.59 Å². The van der Waals surface area contributed by atoms with Crippen LogP contribution in [0.1, 0.15) is 38.5 Å². The molecular formula is C13H22N2O3. The Morgan fingerprint density at radius 1 is 1.06 bits per heavy atom. The minimum atomic E-state index is -0.765. The highest BCUT2D eigenvalue weighted by Crippen LogP contribution is 2.31. The number of hydrogen-bond donors (Lipinski definition) is 3. The smallest absolute Gasteiger partial charge is 0.306 e. The molecule has 2 aliphatic carbocycles. The first kappa shape index (κ1) is 13.3. The fourth-order valence-corrected chi connectivity index (χ4v) is 2.48. The molecule has 0 aliphatic heterocycles. The van der Waals surface area contributed by atoms with Gasteiger partial charge in [0.25, 0.3) is 0 Å². The molecule has 0 radical (unpaired) electrons. The molecule has 0 aromatic carbocycles. The Kier molecular flexibility index (Phi) is 4.58. The van der Waals surface area contributed by atoms with Crippen molar-refractivity contribution in [3.05, 3.63) is 0 Å². The Labute approximate surface area is 107 Å². The van der Waals surface area contributed by atoms with Crippen LogP contribution < -0.4 is 10.6 Å². The molecule has 0 bridgehead atoms. The van der Waals surface area contributed by atoms with Crippen molar-refractivity contribution in [3.8, 4) is 0 Å². The van der Waals surface area contributed by atoms with Crippen LogP contribution in [0.3, 0.4) is 0 Å². The molecule has 2 aliphatic rings. The van der Waals surface area contributed by atoms with Crippen molar-refractivity contribution in [3.63, 3.8) is 0 Å². The lowest BCUT2D eigenvalue weighted by atomic mass is 10.0. The molecule has 2 atom stereocenters. The monoisotopic (exact) mass is 254 g/mol. The van der Waals surface area contributed by atoms with E-state index in [0.29, 0.717) is 31.8 Å². The van der Waals surface area contributed by atoms with E-state index in [1.54, 1.807) is 0 Å². The fraction of sp³-hybridized carbons (Fsp3) is 0.846. The zero-order valence-corrected chi connectivity index (χ0v) is 10.7. The number of hydrogen-bond acceptors (Lipinski definition) is 3. The van der Waals surface area contributed by atoms with Crippen LogP contribution >= 0.6 is 0 Å². The van der Waals surface area contributed by atoms with Gasteiger partial charge in [0.15, 0.2) is 0 Å². The van der Waals surface area contributed by atoms with Crippen molar-refractivity contribution in [2.75, 3.05) is 13.1 Å². The van der Waals surface area contributed by atoms with E-state index in [9.17, 15) is 9.59 Å². The van der Waals surface area contributed by atoms with E-state index in [-0.39, 0.29) is 17.7 Å². The number of rotatable bonds is 7. The van der Waals surface area contributed by atoms with Crippen LogP contribution in [-0.4, -0.2) is 36.1 Å². The number of carbonyl (C=O) groups excluding carboxylic acids is 1. The first-order chi connectivity index (χ1) is 8.66. The van der Waals surface area contributed by atoms with Gasteiger partial charge in [-0.15, -0.1) is 0 Å². The molecule has 5 nitrogen and oxygen atoms in total. The van der Waals surface area contributed by atoms with Gasteiger partial charge in [0, 0.05) is 18.5 Å². The van der Waals surface area contributed by atoms with Crippen LogP contribution in [0.25, 0.3) is 0 Å². The van der Waals surface area contributed by atoms with Gasteiger partial charge in [-0.1, -0.05) is 0 Å². The Morgan fingerprint density at radius 3 is 2.39 bits per heavy atom. The molecule has 5 heteroatoms. The maximum Gasteiger partial charge on any atom is 0.306 e. The second kappa shape index (κ2) is 6.18. The van der Waals surface area contributed by atoms with Gasteiger partial charge in [-0.2, -0.15) is 0 Å². The van der Waals surface area contributed by atoms with Gasteiger partial charge in [-0.3, -0.25) is 9.59 Å². The topological polar surface area (TPSA) is 78.4 Å². The molecule has 18 heavy (non-hydrogen) atoms. The van der Waals surface area contributed by atoms with Crippen molar-refractivity contribution in [1.82, 2.24) is 10.6 Å².